The minimum Gasteiger partial charge on any atom is -0.394 e. The molecule has 26 atom stereocenters. The van der Waals surface area contributed by atoms with E-state index in [1.807, 2.05) is 61.5 Å². The van der Waals surface area contributed by atoms with Crippen LogP contribution in [0.1, 0.15) is 68.7 Å². The van der Waals surface area contributed by atoms with Crippen LogP contribution in [0.15, 0.2) is 194 Å². The van der Waals surface area contributed by atoms with Crippen LogP contribution < -0.4 is 0 Å². The van der Waals surface area contributed by atoms with Gasteiger partial charge in [0.1, 0.15) is 122 Å². The van der Waals surface area contributed by atoms with Crippen molar-refractivity contribution in [2.75, 3.05) is 33.0 Å². The molecule has 7 aromatic rings. The van der Waals surface area contributed by atoms with E-state index in [2.05, 4.69) is 14.2 Å². The van der Waals surface area contributed by atoms with E-state index in [0.29, 0.717) is 11.1 Å². The third-order valence-corrected chi connectivity index (χ3v) is 20.8. The Morgan fingerprint density at radius 3 is 1.07 bits per heavy atom. The van der Waals surface area contributed by atoms with E-state index >= 15 is 17.6 Å². The fourth-order valence-electron chi connectivity index (χ4n) is 13.8. The second-order valence-electron chi connectivity index (χ2n) is 28.6. The predicted octanol–water partition coefficient (Wildman–Crippen LogP) is 1.68. The number of rotatable bonds is 20. The molecule has 7 aromatic carbocycles. The van der Waals surface area contributed by atoms with E-state index in [1.165, 1.54) is 84.9 Å². The van der Waals surface area contributed by atoms with Crippen LogP contribution in [0.4, 0.5) is 48.3 Å². The number of benzene rings is 7. The van der Waals surface area contributed by atoms with Crippen molar-refractivity contribution in [2.24, 2.45) is 0 Å². The fraction of sp³-hybridized carbons (Fsp3) is 0.481. The monoisotopic (exact) mass is 1690 g/mol. The molecular weight excluding hydrogens is 1600 g/mol. The maximum Gasteiger partial charge on any atom is 0.333 e. The summed E-state index contributed by atoms with van der Waals surface area (Å²) < 4.78 is 187. The molecule has 0 spiro atoms. The Bertz CT molecular complexity index is 4090. The standard InChI is InChI=1S/C22H26F2O5.C20H22F2O5.C13H15F3O5.C13H16F2O6.C13H16F2O5/c1-2-13-7-9-14(10-8-13)11-15-5-3-4-6-16(15)22(23,24)21-20(28)19(27)18(26)17(12-25)29-21;21-20(22,19-18(26)17(25)16(24)15(11-23)27-19)14-9-5-4-8-13(14)10-12-6-2-1-3-7-12;14-12(15,7-4-2-1-3-5-7)13(16)11(20)10(19)9(18)8(6-17)21-13;14-12(15,7-4-2-1-3-5-7)13(20)11(19)10(18)9(17)8(6-16)21-13;14-11(7-4-2-1-3-5-7)13(15)12(19)10(18)9(17)8(6-16)20-13/h3-10,17-21,25-28H,2,11-12H2,1H3;1-9,15-19,23-26H,10-11H2;1-5,8-11,17-20H,6H2;1-5,8-11,16-20H,6H2;1-5,8-12,16-19H,6H2/t17-,18-,19+,20-,21-;15-,16-,17+,18-,19-;8-,9-,10+,11-,13?;8-,9-,10+,11-,13-;8-,9-,10+,11?,12-,13?/m11111/s1. The molecule has 3 unspecified atom stereocenters. The van der Waals surface area contributed by atoms with Crippen LogP contribution in [0, 0.1) is 0 Å². The van der Waals surface area contributed by atoms with Gasteiger partial charge in [-0.2, -0.15) is 35.1 Å². The van der Waals surface area contributed by atoms with Gasteiger partial charge < -0.3 is 131 Å². The summed E-state index contributed by atoms with van der Waals surface area (Å²) in [5.41, 5.74) is 1.39. The Labute approximate surface area is 667 Å². The lowest BCUT2D eigenvalue weighted by atomic mass is 9.86. The molecule has 5 heterocycles. The van der Waals surface area contributed by atoms with Crippen molar-refractivity contribution in [3.63, 3.8) is 0 Å². The molecule has 652 valence electrons. The molecule has 118 heavy (non-hydrogen) atoms. The maximum absolute atomic E-state index is 15.4. The highest BCUT2D eigenvalue weighted by Gasteiger charge is 2.70. The smallest absolute Gasteiger partial charge is 0.333 e. The average Bonchev–Trinajstić information content (AvgIpc) is 0.730. The van der Waals surface area contributed by atoms with Crippen molar-refractivity contribution in [2.45, 2.75) is 208 Å². The van der Waals surface area contributed by atoms with Gasteiger partial charge in [0.25, 0.3) is 11.6 Å². The number of hydrogen-bond donors (Lipinski definition) is 21. The minimum absolute atomic E-state index is 0.0886. The van der Waals surface area contributed by atoms with Crippen molar-refractivity contribution >= 4 is 0 Å². The Hall–Kier alpha value is -7.27. The number of aryl methyl sites for hydroxylation is 1. The minimum atomic E-state index is -4.30. The van der Waals surface area contributed by atoms with E-state index in [1.54, 1.807) is 30.3 Å². The zero-order valence-electron chi connectivity index (χ0n) is 62.5. The fourth-order valence-corrected chi connectivity index (χ4v) is 13.8. The van der Waals surface area contributed by atoms with Crippen molar-refractivity contribution in [3.8, 4) is 0 Å². The van der Waals surface area contributed by atoms with Crippen molar-refractivity contribution in [1.82, 2.24) is 0 Å². The van der Waals surface area contributed by atoms with Crippen LogP contribution in [-0.2, 0) is 66.6 Å². The Morgan fingerprint density at radius 1 is 0.339 bits per heavy atom. The second-order valence-corrected chi connectivity index (χ2v) is 28.6. The normalized spacial score (nSPS) is 33.5. The van der Waals surface area contributed by atoms with Gasteiger partial charge in [0.15, 0.2) is 18.4 Å². The zero-order chi connectivity index (χ0) is 87.4. The summed E-state index contributed by atoms with van der Waals surface area (Å²) in [6.07, 6.45) is -43.2. The molecule has 0 bridgehead atoms. The summed E-state index contributed by atoms with van der Waals surface area (Å²) >= 11 is 0. The molecular formula is C81H95F11O26. The van der Waals surface area contributed by atoms with Crippen LogP contribution in [0.2, 0.25) is 0 Å². The molecule has 21 N–H and O–H groups in total. The molecule has 0 aromatic heterocycles. The van der Waals surface area contributed by atoms with E-state index in [9.17, 15) is 123 Å². The first kappa shape index (κ1) is 96.2. The van der Waals surface area contributed by atoms with Gasteiger partial charge in [-0.25, -0.2) is 13.2 Å². The molecule has 12 rings (SSSR count). The third-order valence-electron chi connectivity index (χ3n) is 20.8. The van der Waals surface area contributed by atoms with Crippen molar-refractivity contribution < 1.29 is 179 Å². The molecule has 0 radical (unpaired) electrons. The first-order chi connectivity index (χ1) is 55.6. The van der Waals surface area contributed by atoms with Gasteiger partial charge in [-0.1, -0.05) is 201 Å². The van der Waals surface area contributed by atoms with Crippen LogP contribution in [0.25, 0.3) is 0 Å². The zero-order valence-corrected chi connectivity index (χ0v) is 62.5. The Morgan fingerprint density at radius 2 is 0.661 bits per heavy atom. The van der Waals surface area contributed by atoms with Gasteiger partial charge in [-0.05, 0) is 52.6 Å². The molecule has 0 aliphatic carbocycles. The molecule has 5 aliphatic rings. The molecule has 5 saturated heterocycles. The van der Waals surface area contributed by atoms with Crippen LogP contribution in [0.5, 0.6) is 0 Å². The lowest BCUT2D eigenvalue weighted by Gasteiger charge is -2.48. The summed E-state index contributed by atoms with van der Waals surface area (Å²) in [5, 5.41) is 202. The largest absolute Gasteiger partial charge is 0.394 e. The summed E-state index contributed by atoms with van der Waals surface area (Å²) in [5.74, 6) is -26.4. The number of alkyl halides is 11. The van der Waals surface area contributed by atoms with Gasteiger partial charge in [-0.3, -0.25) is 0 Å². The first-order valence-electron chi connectivity index (χ1n) is 36.9. The van der Waals surface area contributed by atoms with E-state index in [4.69, 9.17) is 24.8 Å². The van der Waals surface area contributed by atoms with Gasteiger partial charge in [0, 0.05) is 22.3 Å². The predicted molar refractivity (Wildman–Crippen MR) is 390 cm³/mol. The number of halogens is 11. The molecule has 0 amide bonds. The maximum atomic E-state index is 15.4. The first-order valence-corrected chi connectivity index (χ1v) is 36.9. The van der Waals surface area contributed by atoms with Gasteiger partial charge in [0.05, 0.1) is 33.0 Å². The molecule has 37 heteroatoms. The SMILES string of the molecule is CCc1ccc(Cc2ccccc2C(F)(F)[C@@H]2O[C@H](CO)[C@@H](O)[C@H](O)[C@H]2O)cc1.OC[C@H]1OC(F)(C(F)(F)c2ccccc2)[C@H](O)[C@@H](O)[C@@H]1O.OC[C@H]1OC(F)(C(F)c2ccccc2)[C@H](O)[C@@H](O)[C@@H]1O.OC[C@H]1O[C@@H](C(F)(F)c2ccccc2Cc2ccccc2)[C@H](O)[C@@H](O)[C@@H]1O.OC[C@H]1O[C@@](O)(C(F)(F)c2ccccc2)[C@H](O)[C@@H](O)[C@@H]1O. The van der Waals surface area contributed by atoms with Gasteiger partial charge >= 0.3 is 29.5 Å². The van der Waals surface area contributed by atoms with Crippen molar-refractivity contribution in [3.05, 3.63) is 250 Å². The number of hydrogen-bond acceptors (Lipinski definition) is 26. The van der Waals surface area contributed by atoms with Crippen LogP contribution in [-0.4, -0.2) is 292 Å². The lowest BCUT2D eigenvalue weighted by Crippen LogP contribution is -2.70. The van der Waals surface area contributed by atoms with Crippen LogP contribution >= 0.6 is 0 Å². The van der Waals surface area contributed by atoms with Crippen LogP contribution in [0.3, 0.4) is 0 Å². The molecule has 5 aliphatic heterocycles. The quantitative estimate of drug-likeness (QED) is 0.0483. The summed E-state index contributed by atoms with van der Waals surface area (Å²) in [7, 11) is 0. The Balaban J connectivity index is 0.000000185. The van der Waals surface area contributed by atoms with E-state index in [-0.39, 0.29) is 29.5 Å². The van der Waals surface area contributed by atoms with E-state index in [0.717, 1.165) is 47.4 Å². The molecule has 5 fully saturated rings. The Kier molecular flexibility index (Phi) is 33.1. The van der Waals surface area contributed by atoms with Crippen molar-refractivity contribution in [1.29, 1.82) is 0 Å². The summed E-state index contributed by atoms with van der Waals surface area (Å²) in [6.45, 7) is -2.23. The molecule has 0 saturated carbocycles. The molecule has 26 nitrogen and oxygen atoms in total. The third kappa shape index (κ3) is 20.2. The lowest BCUT2D eigenvalue weighted by molar-refractivity contribution is -0.416. The average molecular weight is 1690 g/mol. The second kappa shape index (κ2) is 40.6. The van der Waals surface area contributed by atoms with Gasteiger partial charge in [0.2, 0.25) is 0 Å². The summed E-state index contributed by atoms with van der Waals surface area (Å²) in [4.78, 5) is 0. The number of aliphatic hydroxyl groups is 21. The number of ether oxygens (including phenoxy) is 5. The van der Waals surface area contributed by atoms with E-state index < -0.39 is 226 Å². The highest BCUT2D eigenvalue weighted by atomic mass is 19.3. The van der Waals surface area contributed by atoms with Gasteiger partial charge in [-0.15, -0.1) is 0 Å². The highest BCUT2D eigenvalue weighted by molar-refractivity contribution is 5.39. The highest BCUT2D eigenvalue weighted by Crippen LogP contribution is 2.51. The number of aliphatic hydroxyl groups excluding tert-OH is 20. The summed E-state index contributed by atoms with van der Waals surface area (Å²) in [6, 6.07) is 47.8. The topological polar surface area (TPSA) is 471 Å².